The minimum atomic E-state index is -0.206. The molecule has 0 amide bonds. The standard InChI is InChI=1S/C22H18BF/c23-19-13-18-4-1-2-7-21(18)22(14-19)17-6-3-5-16(12-17)15-8-10-20(24)11-9-15/h1-12,19,22H,13-14H2/t19-,22-/m1/s1. The van der Waals surface area contributed by atoms with Gasteiger partial charge in [0.15, 0.2) is 0 Å². The third-order valence-corrected chi connectivity index (χ3v) is 4.92. The van der Waals surface area contributed by atoms with Gasteiger partial charge in [0.25, 0.3) is 0 Å². The highest BCUT2D eigenvalue weighted by molar-refractivity contribution is 6.12. The van der Waals surface area contributed by atoms with Crippen LogP contribution >= 0.6 is 0 Å². The van der Waals surface area contributed by atoms with Crippen LogP contribution in [0.3, 0.4) is 0 Å². The van der Waals surface area contributed by atoms with Crippen molar-refractivity contribution in [3.05, 3.63) is 95.3 Å². The Morgan fingerprint density at radius 3 is 2.46 bits per heavy atom. The van der Waals surface area contributed by atoms with Gasteiger partial charge in [-0.25, -0.2) is 4.39 Å². The summed E-state index contributed by atoms with van der Waals surface area (Å²) in [5.41, 5.74) is 6.17. The summed E-state index contributed by atoms with van der Waals surface area (Å²) in [5, 5.41) is 0. The van der Waals surface area contributed by atoms with E-state index < -0.39 is 0 Å². The molecule has 0 bridgehead atoms. The van der Waals surface area contributed by atoms with E-state index in [2.05, 4.69) is 48.5 Å². The van der Waals surface area contributed by atoms with Crippen molar-refractivity contribution in [1.29, 1.82) is 0 Å². The molecule has 24 heavy (non-hydrogen) atoms. The maximum absolute atomic E-state index is 13.2. The third-order valence-electron chi connectivity index (χ3n) is 4.92. The summed E-state index contributed by atoms with van der Waals surface area (Å²) in [4.78, 5) is 0. The van der Waals surface area contributed by atoms with Crippen molar-refractivity contribution in [3.8, 4) is 11.1 Å². The predicted octanol–water partition coefficient (Wildman–Crippen LogP) is 5.53. The second-order valence-corrected chi connectivity index (χ2v) is 6.58. The maximum Gasteiger partial charge on any atom is 0.123 e. The Morgan fingerprint density at radius 2 is 1.62 bits per heavy atom. The normalized spacial score (nSPS) is 19.7. The molecule has 0 nitrogen and oxygen atoms in total. The Hall–Kier alpha value is -2.35. The molecule has 1 aliphatic carbocycles. The van der Waals surface area contributed by atoms with Crippen LogP contribution in [0.15, 0.2) is 72.8 Å². The average molecular weight is 312 g/mol. The van der Waals surface area contributed by atoms with E-state index in [0.717, 1.165) is 24.0 Å². The van der Waals surface area contributed by atoms with Crippen molar-refractivity contribution >= 4 is 7.85 Å². The molecule has 2 radical (unpaired) electrons. The molecule has 3 aromatic rings. The summed E-state index contributed by atoms with van der Waals surface area (Å²) < 4.78 is 13.2. The zero-order valence-electron chi connectivity index (χ0n) is 13.5. The second-order valence-electron chi connectivity index (χ2n) is 6.58. The van der Waals surface area contributed by atoms with E-state index >= 15 is 0 Å². The molecule has 0 aromatic heterocycles. The topological polar surface area (TPSA) is 0 Å². The first kappa shape index (κ1) is 15.2. The summed E-state index contributed by atoms with van der Waals surface area (Å²) in [6.07, 6.45) is 1.91. The van der Waals surface area contributed by atoms with Crippen LogP contribution in [-0.2, 0) is 6.42 Å². The van der Waals surface area contributed by atoms with Crippen LogP contribution in [0, 0.1) is 5.82 Å². The lowest BCUT2D eigenvalue weighted by atomic mass is 9.67. The molecule has 0 fully saturated rings. The van der Waals surface area contributed by atoms with E-state index in [9.17, 15) is 4.39 Å². The molecule has 1 aliphatic rings. The summed E-state index contributed by atoms with van der Waals surface area (Å²) in [6.45, 7) is 0. The van der Waals surface area contributed by atoms with E-state index in [1.165, 1.54) is 28.8 Å². The van der Waals surface area contributed by atoms with E-state index in [1.54, 1.807) is 0 Å². The van der Waals surface area contributed by atoms with Crippen LogP contribution in [0.2, 0.25) is 5.82 Å². The molecular weight excluding hydrogens is 294 g/mol. The Balaban J connectivity index is 1.75. The van der Waals surface area contributed by atoms with Gasteiger partial charge < -0.3 is 0 Å². The monoisotopic (exact) mass is 312 g/mol. The molecule has 0 unspecified atom stereocenters. The molecule has 0 spiro atoms. The van der Waals surface area contributed by atoms with Gasteiger partial charge in [-0.2, -0.15) is 0 Å². The Labute approximate surface area is 143 Å². The van der Waals surface area contributed by atoms with Crippen LogP contribution < -0.4 is 0 Å². The van der Waals surface area contributed by atoms with Crippen molar-refractivity contribution in [3.63, 3.8) is 0 Å². The van der Waals surface area contributed by atoms with Gasteiger partial charge >= 0.3 is 0 Å². The fraction of sp³-hybridized carbons (Fsp3) is 0.182. The summed E-state index contributed by atoms with van der Waals surface area (Å²) in [5.74, 6) is 0.312. The number of benzene rings is 3. The molecule has 4 rings (SSSR count). The van der Waals surface area contributed by atoms with Crippen molar-refractivity contribution in [1.82, 2.24) is 0 Å². The fourth-order valence-corrected chi connectivity index (χ4v) is 3.75. The molecule has 2 heteroatoms. The van der Waals surface area contributed by atoms with Gasteiger partial charge in [-0.3, -0.25) is 0 Å². The molecule has 3 aromatic carbocycles. The van der Waals surface area contributed by atoms with Crippen molar-refractivity contribution in [2.45, 2.75) is 24.6 Å². The van der Waals surface area contributed by atoms with Crippen molar-refractivity contribution in [2.75, 3.05) is 0 Å². The maximum atomic E-state index is 13.2. The summed E-state index contributed by atoms with van der Waals surface area (Å²) in [6, 6.07) is 23.8. The molecule has 0 saturated heterocycles. The first-order valence-corrected chi connectivity index (χ1v) is 8.40. The van der Waals surface area contributed by atoms with Crippen LogP contribution in [-0.4, -0.2) is 7.85 Å². The first-order valence-electron chi connectivity index (χ1n) is 8.40. The highest BCUT2D eigenvalue weighted by atomic mass is 19.1. The number of fused-ring (bicyclic) bond motifs is 1. The minimum absolute atomic E-state index is 0.194. The minimum Gasteiger partial charge on any atom is -0.207 e. The Kier molecular flexibility index (Phi) is 3.97. The van der Waals surface area contributed by atoms with Gasteiger partial charge in [0, 0.05) is 5.92 Å². The number of rotatable bonds is 2. The number of hydrogen-bond donors (Lipinski definition) is 0. The Bertz CT molecular complexity index is 854. The summed E-state index contributed by atoms with van der Waals surface area (Å²) in [7, 11) is 6.30. The van der Waals surface area contributed by atoms with E-state index in [4.69, 9.17) is 7.85 Å². The molecular formula is C22H18BF. The van der Waals surface area contributed by atoms with E-state index in [-0.39, 0.29) is 11.6 Å². The van der Waals surface area contributed by atoms with E-state index in [0.29, 0.717) is 5.92 Å². The van der Waals surface area contributed by atoms with Crippen LogP contribution in [0.1, 0.15) is 29.0 Å². The van der Waals surface area contributed by atoms with E-state index in [1.807, 2.05) is 12.1 Å². The van der Waals surface area contributed by atoms with Crippen molar-refractivity contribution in [2.24, 2.45) is 0 Å². The fourth-order valence-electron chi connectivity index (χ4n) is 3.75. The lowest BCUT2D eigenvalue weighted by Crippen LogP contribution is -2.16. The van der Waals surface area contributed by atoms with Crippen LogP contribution in [0.4, 0.5) is 4.39 Å². The molecule has 0 N–H and O–H groups in total. The van der Waals surface area contributed by atoms with Gasteiger partial charge in [-0.05, 0) is 52.8 Å². The van der Waals surface area contributed by atoms with Gasteiger partial charge in [0.2, 0.25) is 0 Å². The lowest BCUT2D eigenvalue weighted by Gasteiger charge is -2.30. The summed E-state index contributed by atoms with van der Waals surface area (Å²) >= 11 is 0. The van der Waals surface area contributed by atoms with Crippen molar-refractivity contribution < 1.29 is 4.39 Å². The van der Waals surface area contributed by atoms with Gasteiger partial charge in [0.05, 0.1) is 7.85 Å². The average Bonchev–Trinajstić information content (AvgIpc) is 2.62. The highest BCUT2D eigenvalue weighted by Gasteiger charge is 2.25. The molecule has 0 aliphatic heterocycles. The molecule has 116 valence electrons. The van der Waals surface area contributed by atoms with Gasteiger partial charge in [-0.15, -0.1) is 0 Å². The number of hydrogen-bond acceptors (Lipinski definition) is 0. The van der Waals surface area contributed by atoms with Crippen LogP contribution in [0.5, 0.6) is 0 Å². The smallest absolute Gasteiger partial charge is 0.123 e. The van der Waals surface area contributed by atoms with Gasteiger partial charge in [0.1, 0.15) is 5.82 Å². The molecule has 0 heterocycles. The highest BCUT2D eigenvalue weighted by Crippen LogP contribution is 2.41. The zero-order valence-corrected chi connectivity index (χ0v) is 13.5. The lowest BCUT2D eigenvalue weighted by molar-refractivity contribution is 0.615. The molecule has 2 atom stereocenters. The van der Waals surface area contributed by atoms with Crippen LogP contribution in [0.25, 0.3) is 11.1 Å². The Morgan fingerprint density at radius 1 is 0.833 bits per heavy atom. The quantitative estimate of drug-likeness (QED) is 0.546. The SMILES string of the molecule is [B][C@@H]1Cc2ccccc2[C@@H](c2cccc(-c3ccc(F)cc3)c2)C1. The second kappa shape index (κ2) is 6.28. The largest absolute Gasteiger partial charge is 0.207 e. The zero-order chi connectivity index (χ0) is 16.5. The molecule has 0 saturated carbocycles. The van der Waals surface area contributed by atoms with Gasteiger partial charge in [-0.1, -0.05) is 66.5 Å². The predicted molar refractivity (Wildman–Crippen MR) is 97.9 cm³/mol. The first-order chi connectivity index (χ1) is 11.7. The third kappa shape index (κ3) is 2.89. The number of halogens is 1.